The maximum Gasteiger partial charge on any atom is 0.254 e. The Morgan fingerprint density at radius 1 is 0.839 bits per heavy atom. The highest BCUT2D eigenvalue weighted by molar-refractivity contribution is 5.96. The van der Waals surface area contributed by atoms with Gasteiger partial charge < -0.3 is 19.3 Å². The van der Waals surface area contributed by atoms with E-state index >= 15 is 0 Å². The normalized spacial score (nSPS) is 18.3. The second-order valence-corrected chi connectivity index (χ2v) is 8.40. The van der Waals surface area contributed by atoms with Crippen LogP contribution in [0.4, 0.5) is 0 Å². The molecule has 1 atom stereocenters. The summed E-state index contributed by atoms with van der Waals surface area (Å²) in [5.41, 5.74) is 3.47. The van der Waals surface area contributed by atoms with E-state index < -0.39 is 0 Å². The minimum absolute atomic E-state index is 0.0265. The van der Waals surface area contributed by atoms with Crippen LogP contribution in [0.15, 0.2) is 48.5 Å². The van der Waals surface area contributed by atoms with Gasteiger partial charge in [-0.1, -0.05) is 24.3 Å². The van der Waals surface area contributed by atoms with E-state index in [1.54, 1.807) is 14.2 Å². The molecule has 1 saturated heterocycles. The van der Waals surface area contributed by atoms with Gasteiger partial charge in [-0.25, -0.2) is 0 Å². The quantitative estimate of drug-likeness (QED) is 0.653. The molecule has 1 saturated carbocycles. The number of amides is 2. The predicted octanol–water partition coefficient (Wildman–Crippen LogP) is 3.50. The standard InChI is InChI=1S/C25H30N2O4/c1-30-16-18-3-7-20(8-4-18)24(28)26-14-13-23(15-26)27(22-11-12-22)25(29)21-9-5-19(6-10-21)17-31-2/h3-10,22-23H,11-17H2,1-2H3/t23-/m1/s1. The third kappa shape index (κ3) is 4.97. The number of hydrogen-bond acceptors (Lipinski definition) is 4. The minimum atomic E-state index is 0.0265. The summed E-state index contributed by atoms with van der Waals surface area (Å²) in [6.45, 7) is 2.33. The Morgan fingerprint density at radius 2 is 1.39 bits per heavy atom. The molecule has 2 aromatic carbocycles. The Balaban J connectivity index is 1.43. The van der Waals surface area contributed by atoms with Crippen LogP contribution >= 0.6 is 0 Å². The second kappa shape index (κ2) is 9.62. The molecule has 2 amide bonds. The maximum absolute atomic E-state index is 13.3. The molecule has 1 aliphatic carbocycles. The Kier molecular flexibility index (Phi) is 6.68. The van der Waals surface area contributed by atoms with Gasteiger partial charge >= 0.3 is 0 Å². The summed E-state index contributed by atoms with van der Waals surface area (Å²) in [7, 11) is 3.32. The van der Waals surface area contributed by atoms with E-state index in [2.05, 4.69) is 0 Å². The summed E-state index contributed by atoms with van der Waals surface area (Å²) in [5.74, 6) is 0.0910. The van der Waals surface area contributed by atoms with E-state index in [1.807, 2.05) is 58.3 Å². The highest BCUT2D eigenvalue weighted by Gasteiger charge is 2.41. The van der Waals surface area contributed by atoms with E-state index in [0.29, 0.717) is 43.5 Å². The van der Waals surface area contributed by atoms with Crippen molar-refractivity contribution in [1.29, 1.82) is 0 Å². The fraction of sp³-hybridized carbons (Fsp3) is 0.440. The summed E-state index contributed by atoms with van der Waals surface area (Å²) in [6.07, 6.45) is 2.90. The van der Waals surface area contributed by atoms with E-state index in [1.165, 1.54) is 0 Å². The summed E-state index contributed by atoms with van der Waals surface area (Å²) >= 11 is 0. The molecule has 0 N–H and O–H groups in total. The molecule has 6 heteroatoms. The summed E-state index contributed by atoms with van der Waals surface area (Å²) in [6, 6.07) is 15.6. The molecule has 2 aromatic rings. The third-order valence-electron chi connectivity index (χ3n) is 6.04. The predicted molar refractivity (Wildman–Crippen MR) is 118 cm³/mol. The van der Waals surface area contributed by atoms with E-state index in [-0.39, 0.29) is 17.9 Å². The van der Waals surface area contributed by atoms with E-state index in [4.69, 9.17) is 9.47 Å². The SMILES string of the molecule is COCc1ccc(C(=O)N2CC[C@@H](N(C(=O)c3ccc(COC)cc3)C3CC3)C2)cc1. The Labute approximate surface area is 183 Å². The van der Waals surface area contributed by atoms with Crippen LogP contribution in [0.25, 0.3) is 0 Å². The average molecular weight is 423 g/mol. The van der Waals surface area contributed by atoms with Gasteiger partial charge in [0.1, 0.15) is 0 Å². The number of methoxy groups -OCH3 is 2. The number of hydrogen-bond donors (Lipinski definition) is 0. The summed E-state index contributed by atoms with van der Waals surface area (Å²) < 4.78 is 10.3. The molecule has 1 heterocycles. The molecule has 4 rings (SSSR count). The van der Waals surface area contributed by atoms with Crippen molar-refractivity contribution in [2.45, 2.75) is 44.6 Å². The molecular weight excluding hydrogens is 392 g/mol. The second-order valence-electron chi connectivity index (χ2n) is 8.40. The van der Waals surface area contributed by atoms with Crippen LogP contribution in [0.5, 0.6) is 0 Å². The monoisotopic (exact) mass is 422 g/mol. The summed E-state index contributed by atoms with van der Waals surface area (Å²) in [5, 5.41) is 0. The van der Waals surface area contributed by atoms with Gasteiger partial charge in [0.05, 0.1) is 19.3 Å². The fourth-order valence-electron chi connectivity index (χ4n) is 4.29. The van der Waals surface area contributed by atoms with Crippen molar-refractivity contribution in [3.05, 3.63) is 70.8 Å². The zero-order chi connectivity index (χ0) is 21.8. The highest BCUT2D eigenvalue weighted by atomic mass is 16.5. The first kappa shape index (κ1) is 21.5. The Hall–Kier alpha value is -2.70. The molecule has 6 nitrogen and oxygen atoms in total. The molecule has 164 valence electrons. The number of likely N-dealkylation sites (tertiary alicyclic amines) is 1. The number of rotatable bonds is 8. The average Bonchev–Trinajstić information content (AvgIpc) is 3.50. The van der Waals surface area contributed by atoms with Crippen LogP contribution < -0.4 is 0 Å². The highest BCUT2D eigenvalue weighted by Crippen LogP contribution is 2.33. The van der Waals surface area contributed by atoms with Crippen LogP contribution in [0.2, 0.25) is 0 Å². The lowest BCUT2D eigenvalue weighted by Gasteiger charge is -2.29. The fourth-order valence-corrected chi connectivity index (χ4v) is 4.29. The first-order valence-electron chi connectivity index (χ1n) is 10.9. The van der Waals surface area contributed by atoms with Crippen molar-refractivity contribution in [2.75, 3.05) is 27.3 Å². The Morgan fingerprint density at radius 3 is 1.90 bits per heavy atom. The zero-order valence-electron chi connectivity index (χ0n) is 18.3. The third-order valence-corrected chi connectivity index (χ3v) is 6.04. The van der Waals surface area contributed by atoms with Gasteiger partial charge in [-0.15, -0.1) is 0 Å². The van der Waals surface area contributed by atoms with Crippen molar-refractivity contribution in [1.82, 2.24) is 9.80 Å². The molecule has 1 aliphatic heterocycles. The largest absolute Gasteiger partial charge is 0.380 e. The number of carbonyl (C=O) groups excluding carboxylic acids is 2. The van der Waals surface area contributed by atoms with Gasteiger partial charge in [-0.3, -0.25) is 9.59 Å². The number of carbonyl (C=O) groups is 2. The first-order valence-corrected chi connectivity index (χ1v) is 10.9. The van der Waals surface area contributed by atoms with E-state index in [9.17, 15) is 9.59 Å². The van der Waals surface area contributed by atoms with Crippen LogP contribution in [0.1, 0.15) is 51.1 Å². The summed E-state index contributed by atoms with van der Waals surface area (Å²) in [4.78, 5) is 30.2. The van der Waals surface area contributed by atoms with Crippen LogP contribution in [-0.4, -0.2) is 61.0 Å². The lowest BCUT2D eigenvalue weighted by molar-refractivity contribution is 0.0641. The molecule has 0 aromatic heterocycles. The topological polar surface area (TPSA) is 59.1 Å². The number of ether oxygens (including phenoxy) is 2. The van der Waals surface area contributed by atoms with Crippen molar-refractivity contribution in [3.63, 3.8) is 0 Å². The molecule has 0 radical (unpaired) electrons. The maximum atomic E-state index is 13.3. The van der Waals surface area contributed by atoms with Gasteiger partial charge in [0.2, 0.25) is 0 Å². The van der Waals surface area contributed by atoms with E-state index in [0.717, 1.165) is 30.4 Å². The zero-order valence-corrected chi connectivity index (χ0v) is 18.3. The van der Waals surface area contributed by atoms with Gasteiger partial charge in [0.15, 0.2) is 0 Å². The minimum Gasteiger partial charge on any atom is -0.380 e. The molecule has 0 spiro atoms. The van der Waals surface area contributed by atoms with Crippen LogP contribution in [0.3, 0.4) is 0 Å². The smallest absolute Gasteiger partial charge is 0.254 e. The lowest BCUT2D eigenvalue weighted by Crippen LogP contribution is -2.44. The molecular formula is C25H30N2O4. The molecule has 0 unspecified atom stereocenters. The molecule has 31 heavy (non-hydrogen) atoms. The Bertz CT molecular complexity index is 906. The van der Waals surface area contributed by atoms with Crippen molar-refractivity contribution >= 4 is 11.8 Å². The van der Waals surface area contributed by atoms with Crippen molar-refractivity contribution in [2.24, 2.45) is 0 Å². The van der Waals surface area contributed by atoms with Gasteiger partial charge in [0, 0.05) is 44.5 Å². The lowest BCUT2D eigenvalue weighted by atomic mass is 10.1. The van der Waals surface area contributed by atoms with Crippen molar-refractivity contribution in [3.8, 4) is 0 Å². The first-order chi connectivity index (χ1) is 15.1. The molecule has 2 fully saturated rings. The number of nitrogens with zero attached hydrogens (tertiary/aromatic N) is 2. The van der Waals surface area contributed by atoms with Gasteiger partial charge in [-0.05, 0) is 54.7 Å². The molecule has 0 bridgehead atoms. The van der Waals surface area contributed by atoms with Crippen LogP contribution in [-0.2, 0) is 22.7 Å². The van der Waals surface area contributed by atoms with Crippen LogP contribution in [0, 0.1) is 0 Å². The van der Waals surface area contributed by atoms with Crippen molar-refractivity contribution < 1.29 is 19.1 Å². The number of benzene rings is 2. The van der Waals surface area contributed by atoms with Gasteiger partial charge in [-0.2, -0.15) is 0 Å². The van der Waals surface area contributed by atoms with Gasteiger partial charge in [0.25, 0.3) is 11.8 Å². The molecule has 2 aliphatic rings.